The molecule has 0 spiro atoms. The fourth-order valence-electron chi connectivity index (χ4n) is 3.84. The van der Waals surface area contributed by atoms with Gasteiger partial charge < -0.3 is 5.32 Å². The maximum Gasteiger partial charge on any atom is 0.237 e. The van der Waals surface area contributed by atoms with Gasteiger partial charge in [-0.15, -0.1) is 22.0 Å². The van der Waals surface area contributed by atoms with Crippen LogP contribution >= 0.6 is 23.5 Å². The summed E-state index contributed by atoms with van der Waals surface area (Å²) in [5, 5.41) is 12.1. The van der Waals surface area contributed by atoms with E-state index in [2.05, 4.69) is 20.4 Å². The Balaban J connectivity index is 1.55. The third kappa shape index (κ3) is 5.96. The summed E-state index contributed by atoms with van der Waals surface area (Å²) in [4.78, 5) is 16.3. The van der Waals surface area contributed by atoms with Crippen molar-refractivity contribution >= 4 is 35.1 Å². The summed E-state index contributed by atoms with van der Waals surface area (Å²) < 4.78 is 15.5. The molecule has 0 saturated carbocycles. The fourth-order valence-corrected chi connectivity index (χ4v) is 5.28. The summed E-state index contributed by atoms with van der Waals surface area (Å²) in [5.41, 5.74) is 1.59. The highest BCUT2D eigenvalue weighted by Crippen LogP contribution is 2.29. The molecule has 2 aromatic carbocycles. The van der Waals surface area contributed by atoms with Crippen LogP contribution in [0.5, 0.6) is 0 Å². The van der Waals surface area contributed by atoms with Crippen molar-refractivity contribution in [1.29, 1.82) is 0 Å². The van der Waals surface area contributed by atoms with Gasteiger partial charge in [-0.2, -0.15) is 0 Å². The smallest absolute Gasteiger partial charge is 0.237 e. The molecule has 0 aliphatic carbocycles. The van der Waals surface area contributed by atoms with Gasteiger partial charge in [0.25, 0.3) is 0 Å². The molecule has 1 aliphatic heterocycles. The first-order valence-corrected chi connectivity index (χ1v) is 13.2. The molecule has 1 N–H and O–H groups in total. The van der Waals surface area contributed by atoms with Gasteiger partial charge in [0.05, 0.1) is 17.5 Å². The molecule has 174 valence electrons. The van der Waals surface area contributed by atoms with Crippen molar-refractivity contribution in [2.75, 3.05) is 24.7 Å². The molecular formula is C24H28FN5OS2. The van der Waals surface area contributed by atoms with Gasteiger partial charge >= 0.3 is 0 Å². The molecule has 9 heteroatoms. The average Bonchev–Trinajstić information content (AvgIpc) is 3.22. The summed E-state index contributed by atoms with van der Waals surface area (Å²) in [6, 6.07) is 14.1. The van der Waals surface area contributed by atoms with E-state index in [1.165, 1.54) is 43.2 Å². The van der Waals surface area contributed by atoms with Crippen LogP contribution in [0.3, 0.4) is 0 Å². The lowest BCUT2D eigenvalue weighted by molar-refractivity contribution is -0.115. The Morgan fingerprint density at radius 2 is 1.82 bits per heavy atom. The Hall–Kier alpha value is -2.36. The van der Waals surface area contributed by atoms with Crippen molar-refractivity contribution in [1.82, 2.24) is 19.7 Å². The number of piperidine rings is 1. The number of benzene rings is 2. The van der Waals surface area contributed by atoms with Crippen LogP contribution in [0.25, 0.3) is 5.69 Å². The second kappa shape index (κ2) is 11.2. The number of amides is 1. The Kier molecular flexibility index (Phi) is 8.06. The molecule has 1 aromatic heterocycles. The normalized spacial score (nSPS) is 15.4. The van der Waals surface area contributed by atoms with Crippen molar-refractivity contribution in [2.24, 2.45) is 0 Å². The molecule has 6 nitrogen and oxygen atoms in total. The number of rotatable bonds is 8. The predicted octanol–water partition coefficient (Wildman–Crippen LogP) is 5.23. The van der Waals surface area contributed by atoms with Crippen LogP contribution in [0.4, 0.5) is 10.1 Å². The third-order valence-electron chi connectivity index (χ3n) is 5.62. The summed E-state index contributed by atoms with van der Waals surface area (Å²) in [6.07, 6.45) is 5.61. The number of hydrogen-bond acceptors (Lipinski definition) is 6. The number of para-hydroxylation sites is 1. The molecule has 4 rings (SSSR count). The van der Waals surface area contributed by atoms with Crippen molar-refractivity contribution in [3.8, 4) is 5.69 Å². The minimum Gasteiger partial charge on any atom is -0.324 e. The lowest BCUT2D eigenvalue weighted by atomic mass is 10.1. The van der Waals surface area contributed by atoms with Gasteiger partial charge in [-0.05, 0) is 75.5 Å². The molecule has 1 fully saturated rings. The fraction of sp³-hybridized carbons (Fsp3) is 0.375. The van der Waals surface area contributed by atoms with Crippen molar-refractivity contribution in [3.05, 3.63) is 60.2 Å². The Morgan fingerprint density at radius 3 is 2.55 bits per heavy atom. The molecule has 2 heterocycles. The van der Waals surface area contributed by atoms with Gasteiger partial charge in [-0.25, -0.2) is 4.39 Å². The lowest BCUT2D eigenvalue weighted by Gasteiger charge is -2.26. The van der Waals surface area contributed by atoms with Gasteiger partial charge in [-0.3, -0.25) is 14.3 Å². The van der Waals surface area contributed by atoms with Gasteiger partial charge in [0, 0.05) is 10.6 Å². The van der Waals surface area contributed by atoms with E-state index in [1.807, 2.05) is 42.0 Å². The number of anilines is 1. The maximum atomic E-state index is 13.6. The zero-order chi connectivity index (χ0) is 23.2. The third-order valence-corrected chi connectivity index (χ3v) is 7.45. The van der Waals surface area contributed by atoms with E-state index in [0.717, 1.165) is 35.2 Å². The number of nitrogens with one attached hydrogen (secondary N) is 1. The SMILES string of the molecule is CSc1ccccc1NC(=O)[C@H](C)Sc1nnc(CN2CCCCC2)n1-c1ccc(F)cc1. The first-order valence-electron chi connectivity index (χ1n) is 11.1. The van der Waals surface area contributed by atoms with Crippen LogP contribution in [-0.4, -0.2) is 50.2 Å². The summed E-state index contributed by atoms with van der Waals surface area (Å²) in [7, 11) is 0. The first kappa shape index (κ1) is 23.8. The summed E-state index contributed by atoms with van der Waals surface area (Å²) in [5.74, 6) is 0.401. The van der Waals surface area contributed by atoms with Gasteiger partial charge in [0.15, 0.2) is 11.0 Å². The zero-order valence-corrected chi connectivity index (χ0v) is 20.5. The first-order chi connectivity index (χ1) is 16.0. The minimum atomic E-state index is -0.397. The minimum absolute atomic E-state index is 0.104. The van der Waals surface area contributed by atoms with Gasteiger partial charge in [0.1, 0.15) is 5.82 Å². The van der Waals surface area contributed by atoms with Crippen LogP contribution < -0.4 is 5.32 Å². The van der Waals surface area contributed by atoms with Gasteiger partial charge in [0.2, 0.25) is 5.91 Å². The Bertz CT molecular complexity index is 1080. The molecule has 1 amide bonds. The molecule has 1 aliphatic rings. The number of nitrogens with zero attached hydrogens (tertiary/aromatic N) is 4. The van der Waals surface area contributed by atoms with E-state index in [0.29, 0.717) is 11.7 Å². The highest BCUT2D eigenvalue weighted by Gasteiger charge is 2.23. The van der Waals surface area contributed by atoms with Crippen LogP contribution in [0.2, 0.25) is 0 Å². The zero-order valence-electron chi connectivity index (χ0n) is 18.8. The highest BCUT2D eigenvalue weighted by molar-refractivity contribution is 8.00. The van der Waals surface area contributed by atoms with E-state index in [-0.39, 0.29) is 11.7 Å². The number of carbonyl (C=O) groups excluding carboxylic acids is 1. The summed E-state index contributed by atoms with van der Waals surface area (Å²) in [6.45, 7) is 4.60. The monoisotopic (exact) mass is 485 g/mol. The molecule has 0 radical (unpaired) electrons. The van der Waals surface area contributed by atoms with E-state index in [9.17, 15) is 9.18 Å². The van der Waals surface area contributed by atoms with E-state index in [4.69, 9.17) is 0 Å². The maximum absolute atomic E-state index is 13.6. The number of hydrogen-bond donors (Lipinski definition) is 1. The van der Waals surface area contributed by atoms with Crippen molar-refractivity contribution < 1.29 is 9.18 Å². The second-order valence-corrected chi connectivity index (χ2v) is 10.2. The quantitative estimate of drug-likeness (QED) is 0.441. The average molecular weight is 486 g/mol. The lowest BCUT2D eigenvalue weighted by Crippen LogP contribution is -2.30. The van der Waals surface area contributed by atoms with Crippen molar-refractivity contribution in [2.45, 2.75) is 48.0 Å². The van der Waals surface area contributed by atoms with Crippen molar-refractivity contribution in [3.63, 3.8) is 0 Å². The van der Waals surface area contributed by atoms with Gasteiger partial charge in [-0.1, -0.05) is 30.3 Å². The van der Waals surface area contributed by atoms with E-state index >= 15 is 0 Å². The largest absolute Gasteiger partial charge is 0.324 e. The van der Waals surface area contributed by atoms with E-state index < -0.39 is 5.25 Å². The highest BCUT2D eigenvalue weighted by atomic mass is 32.2. The van der Waals surface area contributed by atoms with E-state index in [1.54, 1.807) is 23.9 Å². The standard InChI is InChI=1S/C24H28FN5OS2/c1-17(23(31)26-20-8-4-5-9-21(20)32-2)33-24-28-27-22(16-29-14-6-3-7-15-29)30(24)19-12-10-18(25)11-13-19/h4-5,8-13,17H,3,6-7,14-16H2,1-2H3,(H,26,31)/t17-/m0/s1. The molecule has 1 saturated heterocycles. The molecule has 1 atom stereocenters. The molecule has 0 unspecified atom stereocenters. The summed E-state index contributed by atoms with van der Waals surface area (Å²) >= 11 is 2.94. The van der Waals surface area contributed by atoms with Crippen LogP contribution in [0.15, 0.2) is 58.6 Å². The molecule has 0 bridgehead atoms. The number of likely N-dealkylation sites (tertiary alicyclic amines) is 1. The van der Waals surface area contributed by atoms with Crippen LogP contribution in [0.1, 0.15) is 32.0 Å². The number of halogens is 1. The number of aromatic nitrogens is 3. The number of thioether (sulfide) groups is 2. The molecule has 3 aromatic rings. The Labute approximate surface area is 202 Å². The molecule has 33 heavy (non-hydrogen) atoms. The Morgan fingerprint density at radius 1 is 1.09 bits per heavy atom. The number of carbonyl (C=O) groups is 1. The molecular weight excluding hydrogens is 457 g/mol. The van der Waals surface area contributed by atoms with Crippen LogP contribution in [0, 0.1) is 5.82 Å². The predicted molar refractivity (Wildman–Crippen MR) is 133 cm³/mol. The topological polar surface area (TPSA) is 63.1 Å². The second-order valence-electron chi connectivity index (χ2n) is 8.00. The van der Waals surface area contributed by atoms with Crippen LogP contribution in [-0.2, 0) is 11.3 Å².